The quantitative estimate of drug-likeness (QED) is 0.623. The minimum absolute atomic E-state index is 0.0903. The lowest BCUT2D eigenvalue weighted by atomic mass is 9.87. The van der Waals surface area contributed by atoms with Crippen molar-refractivity contribution in [3.63, 3.8) is 0 Å². The molecular weight excluding hydrogens is 290 g/mol. The Balaban J connectivity index is 2.11. The van der Waals surface area contributed by atoms with E-state index in [-0.39, 0.29) is 17.2 Å². The van der Waals surface area contributed by atoms with Gasteiger partial charge in [-0.3, -0.25) is 4.79 Å². The van der Waals surface area contributed by atoms with Crippen molar-refractivity contribution in [1.29, 1.82) is 0 Å². The summed E-state index contributed by atoms with van der Waals surface area (Å²) in [5.74, 6) is -0.164. The Morgan fingerprint density at radius 3 is 2.57 bits per heavy atom. The standard InChI is InChI=1S/C16H12ClNO3/c17-14-8-11(19)4-5-12(14)10-2-1-9-3-6-15(18-21)16(20)13(9)7-10/h1-2,4-5,7-8,19,21H,3,6H2/b18-15-. The highest BCUT2D eigenvalue weighted by Crippen LogP contribution is 2.33. The average Bonchev–Trinajstić information content (AvgIpc) is 2.48. The molecule has 0 radical (unpaired) electrons. The lowest BCUT2D eigenvalue weighted by Gasteiger charge is -2.17. The summed E-state index contributed by atoms with van der Waals surface area (Å²) in [6.45, 7) is 0. The van der Waals surface area contributed by atoms with Gasteiger partial charge < -0.3 is 10.3 Å². The van der Waals surface area contributed by atoms with E-state index in [1.165, 1.54) is 6.07 Å². The van der Waals surface area contributed by atoms with Crippen molar-refractivity contribution in [3.8, 4) is 16.9 Å². The van der Waals surface area contributed by atoms with Crippen molar-refractivity contribution < 1.29 is 15.1 Å². The van der Waals surface area contributed by atoms with Gasteiger partial charge in [-0.15, -0.1) is 0 Å². The van der Waals surface area contributed by atoms with Crippen LogP contribution in [0.15, 0.2) is 41.6 Å². The summed E-state index contributed by atoms with van der Waals surface area (Å²) in [7, 11) is 0. The number of Topliss-reactive ketones (excluding diaryl/α,β-unsaturated/α-hetero) is 1. The number of carbonyl (C=O) groups excluding carboxylic acids is 1. The minimum Gasteiger partial charge on any atom is -0.508 e. The Hall–Kier alpha value is -2.33. The molecule has 106 valence electrons. The first kappa shape index (κ1) is 13.6. The highest BCUT2D eigenvalue weighted by Gasteiger charge is 2.24. The van der Waals surface area contributed by atoms with E-state index in [1.807, 2.05) is 12.1 Å². The number of benzene rings is 2. The zero-order valence-electron chi connectivity index (χ0n) is 11.0. The predicted octanol–water partition coefficient (Wildman–Crippen LogP) is 3.67. The molecule has 0 aromatic heterocycles. The van der Waals surface area contributed by atoms with E-state index in [4.69, 9.17) is 16.8 Å². The third-order valence-electron chi connectivity index (χ3n) is 3.63. The molecule has 2 aromatic rings. The number of aromatic hydroxyl groups is 1. The molecule has 4 nitrogen and oxygen atoms in total. The van der Waals surface area contributed by atoms with Crippen LogP contribution in [0.25, 0.3) is 11.1 Å². The lowest BCUT2D eigenvalue weighted by molar-refractivity contribution is 0.105. The number of hydrogen-bond acceptors (Lipinski definition) is 4. The predicted molar refractivity (Wildman–Crippen MR) is 80.4 cm³/mol. The molecule has 1 aliphatic carbocycles. The lowest BCUT2D eigenvalue weighted by Crippen LogP contribution is -2.22. The zero-order chi connectivity index (χ0) is 15.0. The first-order valence-electron chi connectivity index (χ1n) is 6.47. The molecule has 0 heterocycles. The molecule has 3 rings (SSSR count). The van der Waals surface area contributed by atoms with E-state index in [9.17, 15) is 9.90 Å². The van der Waals surface area contributed by atoms with Crippen LogP contribution >= 0.6 is 11.6 Å². The molecule has 2 aromatic carbocycles. The van der Waals surface area contributed by atoms with E-state index in [0.29, 0.717) is 23.4 Å². The fourth-order valence-corrected chi connectivity index (χ4v) is 2.81. The van der Waals surface area contributed by atoms with Gasteiger partial charge in [-0.2, -0.15) is 0 Å². The van der Waals surface area contributed by atoms with Crippen LogP contribution < -0.4 is 0 Å². The number of hydrogen-bond donors (Lipinski definition) is 2. The second-order valence-electron chi connectivity index (χ2n) is 4.91. The molecular formula is C16H12ClNO3. The summed E-state index contributed by atoms with van der Waals surface area (Å²) in [5, 5.41) is 21.7. The molecule has 0 aliphatic heterocycles. The summed E-state index contributed by atoms with van der Waals surface area (Å²) in [6, 6.07) is 10.2. The highest BCUT2D eigenvalue weighted by molar-refractivity contribution is 6.47. The number of nitrogens with zero attached hydrogens (tertiary/aromatic N) is 1. The van der Waals surface area contributed by atoms with Gasteiger partial charge in [-0.05, 0) is 41.8 Å². The maximum absolute atomic E-state index is 12.2. The van der Waals surface area contributed by atoms with Crippen molar-refractivity contribution in [1.82, 2.24) is 0 Å². The Labute approximate surface area is 126 Å². The first-order chi connectivity index (χ1) is 10.1. The van der Waals surface area contributed by atoms with Gasteiger partial charge in [0.2, 0.25) is 5.78 Å². The van der Waals surface area contributed by atoms with Crippen LogP contribution in [0.1, 0.15) is 22.3 Å². The minimum atomic E-state index is -0.254. The molecule has 21 heavy (non-hydrogen) atoms. The zero-order valence-corrected chi connectivity index (χ0v) is 11.8. The topological polar surface area (TPSA) is 69.9 Å². The molecule has 0 unspecified atom stereocenters. The normalized spacial score (nSPS) is 16.0. The van der Waals surface area contributed by atoms with Crippen LogP contribution in [-0.2, 0) is 6.42 Å². The number of aryl methyl sites for hydroxylation is 1. The SMILES string of the molecule is O=C1/C(=N\O)CCc2ccc(-c3ccc(O)cc3Cl)cc21. The molecule has 0 spiro atoms. The molecule has 0 saturated heterocycles. The maximum Gasteiger partial charge on any atom is 0.210 e. The van der Waals surface area contributed by atoms with Crippen LogP contribution in [0.5, 0.6) is 5.75 Å². The Bertz CT molecular complexity index is 768. The van der Waals surface area contributed by atoms with E-state index in [1.54, 1.807) is 18.2 Å². The summed E-state index contributed by atoms with van der Waals surface area (Å²) in [4.78, 5) is 12.2. The number of ketones is 1. The van der Waals surface area contributed by atoms with Crippen molar-refractivity contribution in [2.75, 3.05) is 0 Å². The van der Waals surface area contributed by atoms with Crippen LogP contribution in [0.3, 0.4) is 0 Å². The van der Waals surface area contributed by atoms with E-state index < -0.39 is 0 Å². The highest BCUT2D eigenvalue weighted by atomic mass is 35.5. The average molecular weight is 302 g/mol. The van der Waals surface area contributed by atoms with Gasteiger partial charge in [0.05, 0.1) is 5.02 Å². The van der Waals surface area contributed by atoms with Crippen molar-refractivity contribution in [2.45, 2.75) is 12.8 Å². The number of phenols is 1. The van der Waals surface area contributed by atoms with Crippen molar-refractivity contribution in [2.24, 2.45) is 5.16 Å². The molecule has 0 bridgehead atoms. The molecule has 0 fully saturated rings. The smallest absolute Gasteiger partial charge is 0.210 e. The van der Waals surface area contributed by atoms with Gasteiger partial charge >= 0.3 is 0 Å². The number of fused-ring (bicyclic) bond motifs is 1. The van der Waals surface area contributed by atoms with Crippen LogP contribution in [0, 0.1) is 0 Å². The number of carbonyl (C=O) groups is 1. The van der Waals surface area contributed by atoms with Crippen LogP contribution in [-0.4, -0.2) is 21.8 Å². The second kappa shape index (κ2) is 5.22. The largest absolute Gasteiger partial charge is 0.508 e. The maximum atomic E-state index is 12.2. The van der Waals surface area contributed by atoms with E-state index in [2.05, 4.69) is 5.16 Å². The van der Waals surface area contributed by atoms with Crippen LogP contribution in [0.2, 0.25) is 5.02 Å². The fraction of sp³-hybridized carbons (Fsp3) is 0.125. The number of rotatable bonds is 1. The number of halogens is 1. The third kappa shape index (κ3) is 2.38. The van der Waals surface area contributed by atoms with E-state index in [0.717, 1.165) is 16.7 Å². The van der Waals surface area contributed by atoms with Gasteiger partial charge in [-0.25, -0.2) is 0 Å². The fourth-order valence-electron chi connectivity index (χ4n) is 2.53. The summed E-state index contributed by atoms with van der Waals surface area (Å²) < 4.78 is 0. The molecule has 0 saturated carbocycles. The Morgan fingerprint density at radius 1 is 1.05 bits per heavy atom. The Morgan fingerprint density at radius 2 is 1.86 bits per heavy atom. The first-order valence-corrected chi connectivity index (χ1v) is 6.85. The summed E-state index contributed by atoms with van der Waals surface area (Å²) >= 11 is 6.13. The van der Waals surface area contributed by atoms with Gasteiger partial charge in [0.25, 0.3) is 0 Å². The van der Waals surface area contributed by atoms with Gasteiger partial charge in [0, 0.05) is 17.5 Å². The molecule has 1 aliphatic rings. The summed E-state index contributed by atoms with van der Waals surface area (Å²) in [5.41, 5.74) is 3.17. The molecule has 0 atom stereocenters. The van der Waals surface area contributed by atoms with Gasteiger partial charge in [0.1, 0.15) is 11.5 Å². The van der Waals surface area contributed by atoms with Crippen molar-refractivity contribution in [3.05, 3.63) is 52.5 Å². The number of oxime groups is 1. The van der Waals surface area contributed by atoms with Crippen LogP contribution in [0.4, 0.5) is 0 Å². The monoisotopic (exact) mass is 301 g/mol. The molecule has 5 heteroatoms. The second-order valence-corrected chi connectivity index (χ2v) is 5.32. The van der Waals surface area contributed by atoms with Gasteiger partial charge in [0.15, 0.2) is 0 Å². The molecule has 2 N–H and O–H groups in total. The Kier molecular flexibility index (Phi) is 3.39. The number of phenolic OH excluding ortho intramolecular Hbond substituents is 1. The van der Waals surface area contributed by atoms with E-state index >= 15 is 0 Å². The third-order valence-corrected chi connectivity index (χ3v) is 3.94. The summed E-state index contributed by atoms with van der Waals surface area (Å²) in [6.07, 6.45) is 1.12. The van der Waals surface area contributed by atoms with Gasteiger partial charge in [-0.1, -0.05) is 28.9 Å². The van der Waals surface area contributed by atoms with Crippen molar-refractivity contribution >= 4 is 23.1 Å². The molecule has 0 amide bonds.